The summed E-state index contributed by atoms with van der Waals surface area (Å²) in [6, 6.07) is 9.00. The first-order valence-electron chi connectivity index (χ1n) is 5.71. The Balaban J connectivity index is 1.97. The lowest BCUT2D eigenvalue weighted by Crippen LogP contribution is -1.97. The van der Waals surface area contributed by atoms with Crippen LogP contribution in [0, 0.1) is 0 Å². The monoisotopic (exact) mass is 293 g/mol. The van der Waals surface area contributed by atoms with Crippen LogP contribution < -0.4 is 0 Å². The molecule has 0 aliphatic carbocycles. The van der Waals surface area contributed by atoms with Gasteiger partial charge in [-0.2, -0.15) is 0 Å². The molecule has 1 aromatic heterocycles. The quantitative estimate of drug-likeness (QED) is 0.853. The van der Waals surface area contributed by atoms with E-state index < -0.39 is 5.97 Å². The van der Waals surface area contributed by atoms with Crippen molar-refractivity contribution >= 4 is 29.3 Å². The van der Waals surface area contributed by atoms with E-state index in [4.69, 9.17) is 16.7 Å². The normalized spacial score (nSPS) is 10.4. The Labute approximate surface area is 120 Å². The van der Waals surface area contributed by atoms with Crippen LogP contribution in [0.3, 0.4) is 0 Å². The second-order valence-corrected chi connectivity index (χ2v) is 5.48. The van der Waals surface area contributed by atoms with E-state index in [1.165, 1.54) is 5.56 Å². The lowest BCUT2D eigenvalue weighted by Gasteiger charge is -2.04. The maximum atomic E-state index is 11.0. The molecular formula is C14H12ClNO2S. The highest BCUT2D eigenvalue weighted by Gasteiger charge is 2.09. The van der Waals surface area contributed by atoms with Crippen molar-refractivity contribution in [3.63, 3.8) is 0 Å². The van der Waals surface area contributed by atoms with Gasteiger partial charge in [0.15, 0.2) is 0 Å². The molecule has 0 unspecified atom stereocenters. The molecule has 0 bridgehead atoms. The predicted octanol–water partition coefficient (Wildman–Crippen LogP) is 3.77. The molecule has 0 saturated carbocycles. The Kier molecular flexibility index (Phi) is 4.82. The minimum Gasteiger partial charge on any atom is -0.478 e. The van der Waals surface area contributed by atoms with Crippen molar-refractivity contribution in [3.8, 4) is 0 Å². The third-order valence-corrected chi connectivity index (χ3v) is 3.88. The summed E-state index contributed by atoms with van der Waals surface area (Å²) in [4.78, 5) is 15.9. The van der Waals surface area contributed by atoms with E-state index in [-0.39, 0.29) is 10.6 Å². The van der Waals surface area contributed by atoms with Gasteiger partial charge in [-0.1, -0.05) is 17.7 Å². The van der Waals surface area contributed by atoms with Crippen LogP contribution in [0.5, 0.6) is 0 Å². The summed E-state index contributed by atoms with van der Waals surface area (Å²) in [5.41, 5.74) is 1.32. The molecule has 1 aromatic carbocycles. The first-order valence-corrected chi connectivity index (χ1v) is 7.08. The van der Waals surface area contributed by atoms with E-state index >= 15 is 0 Å². The van der Waals surface area contributed by atoms with E-state index in [0.29, 0.717) is 0 Å². The molecule has 0 amide bonds. The van der Waals surface area contributed by atoms with Gasteiger partial charge in [0, 0.05) is 23.0 Å². The Morgan fingerprint density at radius 3 is 2.89 bits per heavy atom. The summed E-state index contributed by atoms with van der Waals surface area (Å²) in [6.45, 7) is 0. The van der Waals surface area contributed by atoms with Gasteiger partial charge in [0.05, 0.1) is 10.6 Å². The topological polar surface area (TPSA) is 50.2 Å². The molecule has 0 atom stereocenters. The molecule has 0 aliphatic rings. The molecule has 98 valence electrons. The van der Waals surface area contributed by atoms with E-state index in [2.05, 4.69) is 4.98 Å². The van der Waals surface area contributed by atoms with Crippen molar-refractivity contribution in [2.45, 2.75) is 11.3 Å². The third kappa shape index (κ3) is 3.98. The second kappa shape index (κ2) is 6.59. The Bertz CT molecular complexity index is 575. The van der Waals surface area contributed by atoms with Crippen molar-refractivity contribution in [2.24, 2.45) is 0 Å². The van der Waals surface area contributed by atoms with Crippen LogP contribution >= 0.6 is 23.4 Å². The fourth-order valence-corrected chi connectivity index (χ4v) is 2.73. The smallest absolute Gasteiger partial charge is 0.337 e. The molecular weight excluding hydrogens is 282 g/mol. The summed E-state index contributed by atoms with van der Waals surface area (Å²) >= 11 is 7.43. The lowest BCUT2D eigenvalue weighted by molar-refractivity contribution is 0.0697. The van der Waals surface area contributed by atoms with Gasteiger partial charge in [-0.15, -0.1) is 11.8 Å². The zero-order chi connectivity index (χ0) is 13.7. The lowest BCUT2D eigenvalue weighted by atomic mass is 10.2. The molecule has 3 nitrogen and oxygen atoms in total. The SMILES string of the molecule is O=C(O)c1cc(SCCc2cccnc2)ccc1Cl. The van der Waals surface area contributed by atoms with Crippen molar-refractivity contribution < 1.29 is 9.90 Å². The number of benzene rings is 1. The summed E-state index contributed by atoms with van der Waals surface area (Å²) < 4.78 is 0. The number of carboxylic acid groups (broad SMARTS) is 1. The molecule has 1 heterocycles. The highest BCUT2D eigenvalue weighted by molar-refractivity contribution is 7.99. The number of aromatic nitrogens is 1. The summed E-state index contributed by atoms with van der Waals surface area (Å²) in [6.07, 6.45) is 4.48. The molecule has 0 spiro atoms. The Hall–Kier alpha value is -1.52. The van der Waals surface area contributed by atoms with Crippen molar-refractivity contribution in [3.05, 3.63) is 58.9 Å². The zero-order valence-corrected chi connectivity index (χ0v) is 11.6. The average Bonchev–Trinajstić information content (AvgIpc) is 2.41. The van der Waals surface area contributed by atoms with Crippen LogP contribution in [0.2, 0.25) is 5.02 Å². The molecule has 5 heteroatoms. The molecule has 0 fully saturated rings. The molecule has 19 heavy (non-hydrogen) atoms. The fourth-order valence-electron chi connectivity index (χ4n) is 1.59. The van der Waals surface area contributed by atoms with E-state index in [1.54, 1.807) is 30.1 Å². The van der Waals surface area contributed by atoms with Gasteiger partial charge in [0.2, 0.25) is 0 Å². The number of pyridine rings is 1. The predicted molar refractivity (Wildman–Crippen MR) is 77.1 cm³/mol. The van der Waals surface area contributed by atoms with Crippen molar-refractivity contribution in [1.29, 1.82) is 0 Å². The molecule has 2 aromatic rings. The summed E-state index contributed by atoms with van der Waals surface area (Å²) in [5.74, 6) is -0.133. The fraction of sp³-hybridized carbons (Fsp3) is 0.143. The van der Waals surface area contributed by atoms with Gasteiger partial charge < -0.3 is 5.11 Å². The average molecular weight is 294 g/mol. The van der Waals surface area contributed by atoms with Crippen LogP contribution in [0.1, 0.15) is 15.9 Å². The van der Waals surface area contributed by atoms with Gasteiger partial charge in [-0.3, -0.25) is 4.98 Å². The molecule has 1 N–H and O–H groups in total. The largest absolute Gasteiger partial charge is 0.478 e. The van der Waals surface area contributed by atoms with E-state index in [1.807, 2.05) is 24.4 Å². The number of hydrogen-bond acceptors (Lipinski definition) is 3. The van der Waals surface area contributed by atoms with Crippen LogP contribution in [-0.2, 0) is 6.42 Å². The standard InChI is InChI=1S/C14H12ClNO2S/c15-13-4-3-11(8-12(13)14(17)18)19-7-5-10-2-1-6-16-9-10/h1-4,6,8-9H,5,7H2,(H,17,18). The molecule has 0 aliphatic heterocycles. The number of hydrogen-bond donors (Lipinski definition) is 1. The van der Waals surface area contributed by atoms with Crippen LogP contribution in [0.4, 0.5) is 0 Å². The molecule has 0 saturated heterocycles. The van der Waals surface area contributed by atoms with Gasteiger partial charge in [-0.05, 0) is 36.2 Å². The highest BCUT2D eigenvalue weighted by atomic mass is 35.5. The Morgan fingerprint density at radius 2 is 2.21 bits per heavy atom. The van der Waals surface area contributed by atoms with Crippen LogP contribution in [0.25, 0.3) is 0 Å². The maximum absolute atomic E-state index is 11.0. The molecule has 2 rings (SSSR count). The Morgan fingerprint density at radius 1 is 1.37 bits per heavy atom. The molecule has 0 radical (unpaired) electrons. The van der Waals surface area contributed by atoms with E-state index in [9.17, 15) is 4.79 Å². The number of nitrogens with zero attached hydrogens (tertiary/aromatic N) is 1. The number of rotatable bonds is 5. The highest BCUT2D eigenvalue weighted by Crippen LogP contribution is 2.25. The minimum atomic E-state index is -1.00. The van der Waals surface area contributed by atoms with Gasteiger partial charge in [0.1, 0.15) is 0 Å². The van der Waals surface area contributed by atoms with Gasteiger partial charge in [0.25, 0.3) is 0 Å². The first kappa shape index (κ1) is 13.9. The second-order valence-electron chi connectivity index (χ2n) is 3.91. The first-order chi connectivity index (χ1) is 9.16. The third-order valence-electron chi connectivity index (χ3n) is 2.55. The summed E-state index contributed by atoms with van der Waals surface area (Å²) in [7, 11) is 0. The summed E-state index contributed by atoms with van der Waals surface area (Å²) in [5, 5.41) is 9.26. The van der Waals surface area contributed by atoms with Crippen molar-refractivity contribution in [1.82, 2.24) is 4.98 Å². The zero-order valence-electron chi connectivity index (χ0n) is 10.0. The minimum absolute atomic E-state index is 0.146. The maximum Gasteiger partial charge on any atom is 0.337 e. The number of halogens is 1. The van der Waals surface area contributed by atoms with Crippen LogP contribution in [-0.4, -0.2) is 21.8 Å². The number of thioether (sulfide) groups is 1. The number of carbonyl (C=O) groups is 1. The number of aromatic carboxylic acids is 1. The van der Waals surface area contributed by atoms with Gasteiger partial charge >= 0.3 is 5.97 Å². The van der Waals surface area contributed by atoms with Gasteiger partial charge in [-0.25, -0.2) is 4.79 Å². The number of aryl methyl sites for hydroxylation is 1. The number of carboxylic acids is 1. The van der Waals surface area contributed by atoms with Crippen LogP contribution in [0.15, 0.2) is 47.6 Å². The van der Waals surface area contributed by atoms with Crippen molar-refractivity contribution in [2.75, 3.05) is 5.75 Å². The van der Waals surface area contributed by atoms with E-state index in [0.717, 1.165) is 17.1 Å².